The topological polar surface area (TPSA) is 122 Å². The van der Waals surface area contributed by atoms with E-state index in [0.717, 1.165) is 24.3 Å². The first kappa shape index (κ1) is 21.5. The highest BCUT2D eigenvalue weighted by molar-refractivity contribution is 7.86. The summed E-state index contributed by atoms with van der Waals surface area (Å²) in [7, 11) is -2.96. The van der Waals surface area contributed by atoms with E-state index in [1.54, 1.807) is 42.5 Å². The van der Waals surface area contributed by atoms with Crippen molar-refractivity contribution in [1.82, 2.24) is 0 Å². The summed E-state index contributed by atoms with van der Waals surface area (Å²) >= 11 is 0. The van der Waals surface area contributed by atoms with Gasteiger partial charge in [-0.2, -0.15) is 8.42 Å². The Morgan fingerprint density at radius 3 is 2.31 bits per heavy atom. The number of ketones is 1. The Bertz CT molecular complexity index is 1270. The van der Waals surface area contributed by atoms with E-state index in [1.807, 2.05) is 0 Å². The second-order valence-electron chi connectivity index (χ2n) is 6.90. The van der Waals surface area contributed by atoms with Crippen LogP contribution >= 0.6 is 0 Å². The van der Waals surface area contributed by atoms with Gasteiger partial charge >= 0.3 is 0 Å². The normalized spacial score (nSPS) is 17.8. The van der Waals surface area contributed by atoms with Gasteiger partial charge in [-0.1, -0.05) is 30.3 Å². The van der Waals surface area contributed by atoms with Gasteiger partial charge in [-0.15, -0.1) is 0 Å². The van der Waals surface area contributed by atoms with Gasteiger partial charge in [0, 0.05) is 18.2 Å². The Kier molecular flexibility index (Phi) is 5.64. The minimum absolute atomic E-state index is 0.155. The van der Waals surface area contributed by atoms with Gasteiger partial charge in [-0.3, -0.25) is 19.1 Å². The van der Waals surface area contributed by atoms with Crippen LogP contribution in [0.2, 0.25) is 0 Å². The summed E-state index contributed by atoms with van der Waals surface area (Å²) in [5, 5.41) is 10.8. The lowest BCUT2D eigenvalue weighted by molar-refractivity contribution is -0.384. The van der Waals surface area contributed by atoms with Crippen molar-refractivity contribution in [3.8, 4) is 11.5 Å². The van der Waals surface area contributed by atoms with E-state index >= 15 is 0 Å². The molecule has 0 saturated heterocycles. The van der Waals surface area contributed by atoms with Gasteiger partial charge in [0.1, 0.15) is 11.5 Å². The average molecular weight is 455 g/mol. The van der Waals surface area contributed by atoms with Gasteiger partial charge in [-0.25, -0.2) is 0 Å². The number of hydrogen-bond acceptors (Lipinski definition) is 8. The molecule has 0 bridgehead atoms. The summed E-state index contributed by atoms with van der Waals surface area (Å²) < 4.78 is 42.3. The molecule has 3 aromatic carbocycles. The fourth-order valence-corrected chi connectivity index (χ4v) is 4.37. The molecule has 0 radical (unpaired) electrons. The zero-order valence-corrected chi connectivity index (χ0v) is 17.5. The molecule has 4 rings (SSSR count). The smallest absolute Gasteiger partial charge is 0.297 e. The number of hydrogen-bond donors (Lipinski definition) is 0. The Morgan fingerprint density at radius 1 is 1.00 bits per heavy atom. The summed E-state index contributed by atoms with van der Waals surface area (Å²) in [5.41, 5.74) is 0.422. The monoisotopic (exact) mass is 455 g/mol. The van der Waals surface area contributed by atoms with Gasteiger partial charge < -0.3 is 9.47 Å². The van der Waals surface area contributed by atoms with Crippen molar-refractivity contribution in [1.29, 1.82) is 0 Å². The van der Waals surface area contributed by atoms with Crippen molar-refractivity contribution in [2.45, 2.75) is 17.1 Å². The molecule has 10 heteroatoms. The van der Waals surface area contributed by atoms with Gasteiger partial charge in [0.05, 0.1) is 22.5 Å². The van der Waals surface area contributed by atoms with Crippen molar-refractivity contribution < 1.29 is 31.8 Å². The third kappa shape index (κ3) is 4.05. The van der Waals surface area contributed by atoms with Crippen molar-refractivity contribution in [2.75, 3.05) is 7.11 Å². The van der Waals surface area contributed by atoms with Crippen LogP contribution in [0.3, 0.4) is 0 Å². The molecule has 9 nitrogen and oxygen atoms in total. The first-order valence-corrected chi connectivity index (χ1v) is 10.8. The molecule has 0 unspecified atom stereocenters. The van der Waals surface area contributed by atoms with Crippen LogP contribution in [0, 0.1) is 10.1 Å². The summed E-state index contributed by atoms with van der Waals surface area (Å²) in [4.78, 5) is 23.1. The van der Waals surface area contributed by atoms with E-state index < -0.39 is 33.0 Å². The van der Waals surface area contributed by atoms with Gasteiger partial charge in [0.25, 0.3) is 15.8 Å². The van der Waals surface area contributed by atoms with Crippen molar-refractivity contribution in [3.05, 3.63) is 94.0 Å². The first-order chi connectivity index (χ1) is 15.3. The number of nitrogens with zero attached hydrogens (tertiary/aromatic N) is 1. The van der Waals surface area contributed by atoms with E-state index in [4.69, 9.17) is 13.7 Å². The van der Waals surface area contributed by atoms with E-state index in [0.29, 0.717) is 11.3 Å². The van der Waals surface area contributed by atoms with Crippen LogP contribution in [0.15, 0.2) is 77.7 Å². The molecule has 0 spiro atoms. The van der Waals surface area contributed by atoms with E-state index in [1.165, 1.54) is 13.2 Å². The molecule has 1 aliphatic heterocycles. The fraction of sp³-hybridized carbons (Fsp3) is 0.136. The van der Waals surface area contributed by atoms with Crippen LogP contribution in [0.1, 0.15) is 22.0 Å². The number of non-ortho nitro benzene ring substituents is 1. The lowest BCUT2D eigenvalue weighted by Gasteiger charge is -2.32. The second-order valence-corrected chi connectivity index (χ2v) is 8.47. The van der Waals surface area contributed by atoms with Crippen LogP contribution in [-0.4, -0.2) is 32.3 Å². The molecule has 0 saturated carbocycles. The lowest BCUT2D eigenvalue weighted by atomic mass is 9.93. The standard InChI is InChI=1S/C22H17NO8S/c1-29-16-9-12-18-19(13-16)30-21(14-5-3-2-4-6-14)22(20(18)24)31-32(27,28)17-10-7-15(8-11-17)23(25)26/h2-13,21-22H,1H3/t21-,22+/m1/s1. The summed E-state index contributed by atoms with van der Waals surface area (Å²) in [6, 6.07) is 17.4. The molecule has 3 aromatic rings. The molecule has 0 aromatic heterocycles. The van der Waals surface area contributed by atoms with Crippen LogP contribution in [-0.2, 0) is 14.3 Å². The van der Waals surface area contributed by atoms with E-state index in [-0.39, 0.29) is 21.9 Å². The Balaban J connectivity index is 1.73. The second kappa shape index (κ2) is 8.40. The summed E-state index contributed by atoms with van der Waals surface area (Å²) in [5.74, 6) is 0.144. The van der Waals surface area contributed by atoms with Crippen LogP contribution in [0.4, 0.5) is 5.69 Å². The Labute approximate surface area is 183 Å². The quantitative estimate of drug-likeness (QED) is 0.313. The molecular weight excluding hydrogens is 438 g/mol. The highest BCUT2D eigenvalue weighted by Gasteiger charge is 2.42. The zero-order valence-electron chi connectivity index (χ0n) is 16.7. The molecule has 0 N–H and O–H groups in total. The number of carbonyl (C=O) groups is 1. The minimum atomic E-state index is -4.44. The van der Waals surface area contributed by atoms with Crippen LogP contribution in [0.5, 0.6) is 11.5 Å². The molecule has 0 amide bonds. The molecule has 2 atom stereocenters. The van der Waals surface area contributed by atoms with Gasteiger partial charge in [0.2, 0.25) is 5.78 Å². The number of nitro groups is 1. The van der Waals surface area contributed by atoms with Crippen LogP contribution < -0.4 is 9.47 Å². The maximum absolute atomic E-state index is 13.3. The third-order valence-electron chi connectivity index (χ3n) is 4.94. The maximum atomic E-state index is 13.3. The Hall–Kier alpha value is -3.76. The maximum Gasteiger partial charge on any atom is 0.297 e. The van der Waals surface area contributed by atoms with Gasteiger partial charge in [-0.05, 0) is 29.8 Å². The summed E-state index contributed by atoms with van der Waals surface area (Å²) in [6.07, 6.45) is -2.55. The van der Waals surface area contributed by atoms with Crippen LogP contribution in [0.25, 0.3) is 0 Å². The molecular formula is C22H17NO8S. The van der Waals surface area contributed by atoms with Crippen molar-refractivity contribution in [2.24, 2.45) is 0 Å². The van der Waals surface area contributed by atoms with E-state index in [9.17, 15) is 23.3 Å². The highest BCUT2D eigenvalue weighted by atomic mass is 32.2. The molecule has 0 fully saturated rings. The number of fused-ring (bicyclic) bond motifs is 1. The predicted octanol–water partition coefficient (Wildman–Crippen LogP) is 3.69. The van der Waals surface area contributed by atoms with E-state index in [2.05, 4.69) is 0 Å². The third-order valence-corrected chi connectivity index (χ3v) is 6.25. The molecule has 1 aliphatic rings. The Morgan fingerprint density at radius 2 is 1.69 bits per heavy atom. The largest absolute Gasteiger partial charge is 0.497 e. The number of Topliss-reactive ketones (excluding diaryl/α,β-unsaturated/α-hetero) is 1. The molecule has 1 heterocycles. The van der Waals surface area contributed by atoms with Gasteiger partial charge in [0.15, 0.2) is 12.2 Å². The number of carbonyl (C=O) groups excluding carboxylic acids is 1. The SMILES string of the molecule is COc1ccc2c(c1)O[C@H](c1ccccc1)[C@@H](OS(=O)(=O)c1ccc([N+](=O)[O-])cc1)C2=O. The minimum Gasteiger partial charge on any atom is -0.497 e. The average Bonchev–Trinajstić information content (AvgIpc) is 2.81. The fourth-order valence-electron chi connectivity index (χ4n) is 3.33. The number of nitro benzene ring substituents is 1. The van der Waals surface area contributed by atoms with Crippen molar-refractivity contribution in [3.63, 3.8) is 0 Å². The number of rotatable bonds is 6. The number of benzene rings is 3. The molecule has 32 heavy (non-hydrogen) atoms. The first-order valence-electron chi connectivity index (χ1n) is 9.42. The zero-order chi connectivity index (χ0) is 22.9. The predicted molar refractivity (Wildman–Crippen MR) is 112 cm³/mol. The molecule has 164 valence electrons. The molecule has 0 aliphatic carbocycles. The highest BCUT2D eigenvalue weighted by Crippen LogP contribution is 2.39. The summed E-state index contributed by atoms with van der Waals surface area (Å²) in [6.45, 7) is 0. The number of methoxy groups -OCH3 is 1. The lowest BCUT2D eigenvalue weighted by Crippen LogP contribution is -2.40. The number of ether oxygens (including phenoxy) is 2. The van der Waals surface area contributed by atoms with Crippen molar-refractivity contribution >= 4 is 21.6 Å².